The molecule has 1 aliphatic heterocycles. The smallest absolute Gasteiger partial charge is 0.150 e. The summed E-state index contributed by atoms with van der Waals surface area (Å²) in [5, 5.41) is 7.25. The first kappa shape index (κ1) is 13.8. The van der Waals surface area contributed by atoms with Crippen LogP contribution < -0.4 is 10.6 Å². The summed E-state index contributed by atoms with van der Waals surface area (Å²) in [6.07, 6.45) is 4.06. The molecule has 1 aliphatic rings. The van der Waals surface area contributed by atoms with Crippen LogP contribution >= 0.6 is 0 Å². The maximum absolute atomic E-state index is 14.1. The molecule has 1 aromatic rings. The molecule has 0 radical (unpaired) electrons. The van der Waals surface area contributed by atoms with Gasteiger partial charge in [0.2, 0.25) is 0 Å². The summed E-state index contributed by atoms with van der Waals surface area (Å²) in [4.78, 5) is 1.79. The van der Waals surface area contributed by atoms with E-state index in [4.69, 9.17) is 11.1 Å². The summed E-state index contributed by atoms with van der Waals surface area (Å²) in [6, 6.07) is 2.39. The van der Waals surface area contributed by atoms with Crippen LogP contribution in [0.1, 0.15) is 38.2 Å². The molecule has 1 heterocycles. The molecule has 1 saturated heterocycles. The average molecular weight is 267 g/mol. The van der Waals surface area contributed by atoms with Crippen LogP contribution in [0.5, 0.6) is 0 Å². The van der Waals surface area contributed by atoms with Crippen molar-refractivity contribution in [2.24, 2.45) is 5.73 Å². The standard InChI is InChI=1S/C14H19F2N3/c1-9-5-3-2-4-6-19(9)13-11(15)7-10(14(17)18)8-12(13)16/h7-9H,2-6H2,1H3,(H3,17,18). The molecule has 0 aliphatic carbocycles. The minimum atomic E-state index is -0.640. The van der Waals surface area contributed by atoms with E-state index in [1.807, 2.05) is 6.92 Å². The zero-order valence-electron chi connectivity index (χ0n) is 11.0. The van der Waals surface area contributed by atoms with Gasteiger partial charge in [-0.05, 0) is 31.9 Å². The van der Waals surface area contributed by atoms with Gasteiger partial charge in [-0.25, -0.2) is 8.78 Å². The van der Waals surface area contributed by atoms with Crippen LogP contribution in [0, 0.1) is 17.0 Å². The van der Waals surface area contributed by atoms with Gasteiger partial charge in [0.05, 0.1) is 0 Å². The molecule has 0 aromatic heterocycles. The fraction of sp³-hybridized carbons (Fsp3) is 0.500. The van der Waals surface area contributed by atoms with E-state index in [1.54, 1.807) is 4.90 Å². The molecule has 0 bridgehead atoms. The molecule has 0 spiro atoms. The van der Waals surface area contributed by atoms with E-state index in [-0.39, 0.29) is 23.1 Å². The van der Waals surface area contributed by atoms with Crippen molar-refractivity contribution in [1.82, 2.24) is 0 Å². The van der Waals surface area contributed by atoms with Gasteiger partial charge < -0.3 is 10.6 Å². The summed E-state index contributed by atoms with van der Waals surface area (Å²) in [5.74, 6) is -1.61. The number of nitrogen functional groups attached to an aromatic ring is 1. The first-order valence-corrected chi connectivity index (χ1v) is 6.60. The number of benzene rings is 1. The number of amidine groups is 1. The van der Waals surface area contributed by atoms with Gasteiger partial charge in [-0.2, -0.15) is 0 Å². The maximum atomic E-state index is 14.1. The van der Waals surface area contributed by atoms with Gasteiger partial charge in [-0.3, -0.25) is 5.41 Å². The molecule has 3 nitrogen and oxygen atoms in total. The van der Waals surface area contributed by atoms with E-state index in [1.165, 1.54) is 0 Å². The first-order valence-electron chi connectivity index (χ1n) is 6.60. The Kier molecular flexibility index (Phi) is 4.02. The van der Waals surface area contributed by atoms with Crippen molar-refractivity contribution in [3.63, 3.8) is 0 Å². The highest BCUT2D eigenvalue weighted by Gasteiger charge is 2.24. The third kappa shape index (κ3) is 2.85. The van der Waals surface area contributed by atoms with Gasteiger partial charge in [0.15, 0.2) is 0 Å². The van der Waals surface area contributed by atoms with E-state index in [0.717, 1.165) is 37.8 Å². The minimum Gasteiger partial charge on any atom is -0.384 e. The van der Waals surface area contributed by atoms with Crippen molar-refractivity contribution in [3.8, 4) is 0 Å². The fourth-order valence-electron chi connectivity index (χ4n) is 2.60. The zero-order valence-corrected chi connectivity index (χ0v) is 11.0. The highest BCUT2D eigenvalue weighted by atomic mass is 19.1. The number of rotatable bonds is 2. The molecule has 0 saturated carbocycles. The van der Waals surface area contributed by atoms with E-state index in [0.29, 0.717) is 6.54 Å². The van der Waals surface area contributed by atoms with Gasteiger partial charge in [0, 0.05) is 18.2 Å². The molecule has 1 aromatic carbocycles. The maximum Gasteiger partial charge on any atom is 0.150 e. The van der Waals surface area contributed by atoms with Gasteiger partial charge in [-0.1, -0.05) is 12.8 Å². The molecule has 2 rings (SSSR count). The number of hydrogen-bond donors (Lipinski definition) is 2. The zero-order chi connectivity index (χ0) is 14.0. The van der Waals surface area contributed by atoms with Crippen LogP contribution in [0.2, 0.25) is 0 Å². The minimum absolute atomic E-state index is 0.0133. The lowest BCUT2D eigenvalue weighted by Gasteiger charge is -2.30. The first-order chi connectivity index (χ1) is 9.00. The molecule has 1 unspecified atom stereocenters. The third-order valence-electron chi connectivity index (χ3n) is 3.67. The molecule has 1 fully saturated rings. The van der Waals surface area contributed by atoms with Crippen molar-refractivity contribution in [3.05, 3.63) is 29.3 Å². The topological polar surface area (TPSA) is 53.1 Å². The molecule has 19 heavy (non-hydrogen) atoms. The van der Waals surface area contributed by atoms with Crippen LogP contribution in [0.3, 0.4) is 0 Å². The summed E-state index contributed by atoms with van der Waals surface area (Å²) in [6.45, 7) is 2.65. The molecule has 0 amide bonds. The van der Waals surface area contributed by atoms with E-state index >= 15 is 0 Å². The predicted octanol–water partition coefficient (Wildman–Crippen LogP) is 3.02. The summed E-state index contributed by atoms with van der Waals surface area (Å²) < 4.78 is 28.3. The molecule has 104 valence electrons. The van der Waals surface area contributed by atoms with Crippen LogP contribution in [0.15, 0.2) is 12.1 Å². The lowest BCUT2D eigenvalue weighted by Crippen LogP contribution is -2.34. The second kappa shape index (κ2) is 5.55. The Morgan fingerprint density at radius 1 is 1.26 bits per heavy atom. The van der Waals surface area contributed by atoms with Crippen LogP contribution in [0.4, 0.5) is 14.5 Å². The molecule has 3 N–H and O–H groups in total. The fourth-order valence-corrected chi connectivity index (χ4v) is 2.60. The van der Waals surface area contributed by atoms with Crippen LogP contribution in [0.25, 0.3) is 0 Å². The third-order valence-corrected chi connectivity index (χ3v) is 3.67. The van der Waals surface area contributed by atoms with Gasteiger partial charge in [0.25, 0.3) is 0 Å². The van der Waals surface area contributed by atoms with Crippen molar-refractivity contribution in [2.45, 2.75) is 38.6 Å². The van der Waals surface area contributed by atoms with Gasteiger partial charge >= 0.3 is 0 Å². The van der Waals surface area contributed by atoms with Gasteiger partial charge in [0.1, 0.15) is 23.2 Å². The quantitative estimate of drug-likeness (QED) is 0.639. The summed E-state index contributed by atoms with van der Waals surface area (Å²) in [7, 11) is 0. The largest absolute Gasteiger partial charge is 0.384 e. The Morgan fingerprint density at radius 2 is 1.89 bits per heavy atom. The Bertz CT molecular complexity index is 465. The van der Waals surface area contributed by atoms with E-state index < -0.39 is 11.6 Å². The number of hydrogen-bond acceptors (Lipinski definition) is 2. The summed E-state index contributed by atoms with van der Waals surface area (Å²) >= 11 is 0. The van der Waals surface area contributed by atoms with Crippen molar-refractivity contribution in [2.75, 3.05) is 11.4 Å². The molecule has 5 heteroatoms. The normalized spacial score (nSPS) is 20.2. The number of nitrogens with zero attached hydrogens (tertiary/aromatic N) is 1. The summed E-state index contributed by atoms with van der Waals surface area (Å²) in [5.41, 5.74) is 5.37. The van der Waals surface area contributed by atoms with E-state index in [9.17, 15) is 8.78 Å². The number of nitrogens with one attached hydrogen (secondary N) is 1. The van der Waals surface area contributed by atoms with Crippen LogP contribution in [-0.2, 0) is 0 Å². The Morgan fingerprint density at radius 3 is 2.47 bits per heavy atom. The molecular weight excluding hydrogens is 248 g/mol. The lowest BCUT2D eigenvalue weighted by molar-refractivity contribution is 0.544. The van der Waals surface area contributed by atoms with Crippen molar-refractivity contribution >= 4 is 11.5 Å². The number of halogens is 2. The second-order valence-corrected chi connectivity index (χ2v) is 5.09. The number of nitrogens with two attached hydrogens (primary N) is 1. The average Bonchev–Trinajstić information content (AvgIpc) is 2.54. The number of anilines is 1. The van der Waals surface area contributed by atoms with Gasteiger partial charge in [-0.15, -0.1) is 0 Å². The van der Waals surface area contributed by atoms with Crippen molar-refractivity contribution < 1.29 is 8.78 Å². The highest BCUT2D eigenvalue weighted by Crippen LogP contribution is 2.30. The van der Waals surface area contributed by atoms with E-state index in [2.05, 4.69) is 0 Å². The predicted molar refractivity (Wildman–Crippen MR) is 72.7 cm³/mol. The molecule has 1 atom stereocenters. The Hall–Kier alpha value is -1.65. The van der Waals surface area contributed by atoms with Crippen LogP contribution in [-0.4, -0.2) is 18.4 Å². The lowest BCUT2D eigenvalue weighted by atomic mass is 10.1. The highest BCUT2D eigenvalue weighted by molar-refractivity contribution is 5.95. The van der Waals surface area contributed by atoms with Crippen molar-refractivity contribution in [1.29, 1.82) is 5.41 Å². The Labute approximate surface area is 111 Å². The molecular formula is C14H19F2N3. The SMILES string of the molecule is CC1CCCCCN1c1c(F)cc(C(=N)N)cc1F. The second-order valence-electron chi connectivity index (χ2n) is 5.09. The Balaban J connectivity index is 2.40. The monoisotopic (exact) mass is 267 g/mol.